The van der Waals surface area contributed by atoms with E-state index < -0.39 is 0 Å². The first kappa shape index (κ1) is 19.3. The lowest BCUT2D eigenvalue weighted by Gasteiger charge is -2.34. The van der Waals surface area contributed by atoms with Crippen LogP contribution in [0.1, 0.15) is 53.7 Å². The summed E-state index contributed by atoms with van der Waals surface area (Å²) in [6.07, 6.45) is 9.09. The van der Waals surface area contributed by atoms with E-state index in [4.69, 9.17) is 9.47 Å². The Bertz CT molecular complexity index is 913. The van der Waals surface area contributed by atoms with Crippen LogP contribution in [0.15, 0.2) is 30.5 Å². The highest BCUT2D eigenvalue weighted by Crippen LogP contribution is 2.35. The molecule has 158 valence electrons. The summed E-state index contributed by atoms with van der Waals surface area (Å²) in [5.74, 6) is 0.895. The molecule has 1 aromatic heterocycles. The molecule has 7 nitrogen and oxygen atoms in total. The van der Waals surface area contributed by atoms with E-state index in [1.807, 2.05) is 24.3 Å². The molecule has 0 N–H and O–H groups in total. The highest BCUT2D eigenvalue weighted by molar-refractivity contribution is 5.95. The Labute approximate surface area is 175 Å². The Balaban J connectivity index is 1.29. The minimum atomic E-state index is 0.0892. The van der Waals surface area contributed by atoms with Gasteiger partial charge in [0.05, 0.1) is 18.9 Å². The highest BCUT2D eigenvalue weighted by Gasteiger charge is 2.39. The van der Waals surface area contributed by atoms with Gasteiger partial charge in [-0.05, 0) is 61.9 Å². The van der Waals surface area contributed by atoms with E-state index in [2.05, 4.69) is 10.00 Å². The second-order valence-corrected chi connectivity index (χ2v) is 8.48. The van der Waals surface area contributed by atoms with E-state index in [1.54, 1.807) is 6.20 Å². The average Bonchev–Trinajstić information content (AvgIpc) is 3.52. The van der Waals surface area contributed by atoms with Crippen LogP contribution in [0, 0.1) is 0 Å². The minimum absolute atomic E-state index is 0.0892. The molecule has 1 saturated carbocycles. The molecule has 0 radical (unpaired) electrons. The predicted molar refractivity (Wildman–Crippen MR) is 110 cm³/mol. The van der Waals surface area contributed by atoms with Crippen LogP contribution in [0.2, 0.25) is 0 Å². The fraction of sp³-hybridized carbons (Fsp3) is 0.522. The lowest BCUT2D eigenvalue weighted by Crippen LogP contribution is -2.44. The average molecular weight is 409 g/mol. The van der Waals surface area contributed by atoms with Crippen LogP contribution in [0.3, 0.4) is 0 Å². The number of hydrogen-bond acceptors (Lipinski definition) is 5. The Morgan fingerprint density at radius 1 is 1.10 bits per heavy atom. The SMILES string of the molecule is O=Cn1cc2c(n1)CCC(N(C(=O)c1ccc(OC3CCOCC3)cc1)C1CC1)C2. The molecule has 1 saturated heterocycles. The summed E-state index contributed by atoms with van der Waals surface area (Å²) < 4.78 is 12.8. The first-order valence-corrected chi connectivity index (χ1v) is 10.9. The van der Waals surface area contributed by atoms with E-state index in [1.165, 1.54) is 4.68 Å². The van der Waals surface area contributed by atoms with Gasteiger partial charge in [0.15, 0.2) is 0 Å². The molecule has 1 aliphatic heterocycles. The smallest absolute Gasteiger partial charge is 0.254 e. The van der Waals surface area contributed by atoms with E-state index in [9.17, 15) is 9.59 Å². The maximum Gasteiger partial charge on any atom is 0.254 e. The number of ether oxygens (including phenoxy) is 2. The van der Waals surface area contributed by atoms with Crippen LogP contribution >= 0.6 is 0 Å². The number of carbonyl (C=O) groups excluding carboxylic acids is 2. The molecule has 5 rings (SSSR count). The van der Waals surface area contributed by atoms with Gasteiger partial charge in [0.25, 0.3) is 5.91 Å². The Morgan fingerprint density at radius 3 is 2.57 bits per heavy atom. The van der Waals surface area contributed by atoms with Gasteiger partial charge in [-0.2, -0.15) is 5.10 Å². The molecule has 3 aliphatic rings. The molecular weight excluding hydrogens is 382 g/mol. The predicted octanol–water partition coefficient (Wildman–Crippen LogP) is 2.64. The van der Waals surface area contributed by atoms with Crippen LogP contribution in [0.5, 0.6) is 5.75 Å². The summed E-state index contributed by atoms with van der Waals surface area (Å²) >= 11 is 0. The van der Waals surface area contributed by atoms with E-state index >= 15 is 0 Å². The van der Waals surface area contributed by atoms with Gasteiger partial charge in [-0.3, -0.25) is 9.59 Å². The molecule has 1 aromatic carbocycles. The van der Waals surface area contributed by atoms with E-state index in [-0.39, 0.29) is 18.1 Å². The van der Waals surface area contributed by atoms with Crippen LogP contribution < -0.4 is 4.74 Å². The van der Waals surface area contributed by atoms with Crippen molar-refractivity contribution >= 4 is 12.3 Å². The molecular formula is C23H27N3O4. The number of benzene rings is 1. The van der Waals surface area contributed by atoms with Crippen molar-refractivity contribution in [2.24, 2.45) is 0 Å². The van der Waals surface area contributed by atoms with Crippen LogP contribution in [-0.4, -0.2) is 58.4 Å². The Hall–Kier alpha value is -2.67. The van der Waals surface area contributed by atoms with Crippen molar-refractivity contribution in [1.82, 2.24) is 14.7 Å². The fourth-order valence-corrected chi connectivity index (χ4v) is 4.59. The number of aryl methyl sites for hydroxylation is 1. The summed E-state index contributed by atoms with van der Waals surface area (Å²) in [5.41, 5.74) is 2.77. The number of aromatic nitrogens is 2. The second-order valence-electron chi connectivity index (χ2n) is 8.48. The number of hydrogen-bond donors (Lipinski definition) is 0. The van der Waals surface area contributed by atoms with Crippen molar-refractivity contribution < 1.29 is 19.1 Å². The number of rotatable bonds is 6. The molecule has 2 heterocycles. The molecule has 2 fully saturated rings. The standard InChI is InChI=1S/C23H27N3O4/c27-15-25-14-17-13-19(5-8-22(17)24-25)26(18-3-4-18)23(28)16-1-6-20(7-2-16)30-21-9-11-29-12-10-21/h1-2,6-7,14-15,18-19,21H,3-5,8-13H2. The second kappa shape index (κ2) is 8.22. The van der Waals surface area contributed by atoms with Crippen LogP contribution in [0.4, 0.5) is 0 Å². The van der Waals surface area contributed by atoms with E-state index in [0.29, 0.717) is 11.6 Å². The summed E-state index contributed by atoms with van der Waals surface area (Å²) in [6.45, 7) is 1.48. The first-order chi connectivity index (χ1) is 14.7. The van der Waals surface area contributed by atoms with Gasteiger partial charge in [-0.25, -0.2) is 4.68 Å². The zero-order valence-electron chi connectivity index (χ0n) is 17.0. The monoisotopic (exact) mass is 409 g/mol. The normalized spacial score (nSPS) is 21.7. The van der Waals surface area contributed by atoms with Gasteiger partial charge in [0, 0.05) is 36.7 Å². The topological polar surface area (TPSA) is 73.7 Å². The highest BCUT2D eigenvalue weighted by atomic mass is 16.5. The van der Waals surface area contributed by atoms with Gasteiger partial charge in [0.1, 0.15) is 11.9 Å². The first-order valence-electron chi connectivity index (χ1n) is 10.9. The van der Waals surface area contributed by atoms with Crippen molar-refractivity contribution in [2.45, 2.75) is 63.1 Å². The summed E-state index contributed by atoms with van der Waals surface area (Å²) in [7, 11) is 0. The van der Waals surface area contributed by atoms with Crippen molar-refractivity contribution in [3.05, 3.63) is 47.3 Å². The third-order valence-corrected chi connectivity index (χ3v) is 6.31. The van der Waals surface area contributed by atoms with Gasteiger partial charge >= 0.3 is 0 Å². The maximum absolute atomic E-state index is 13.4. The summed E-state index contributed by atoms with van der Waals surface area (Å²) in [6, 6.07) is 8.04. The minimum Gasteiger partial charge on any atom is -0.490 e. The molecule has 7 heteroatoms. The van der Waals surface area contributed by atoms with Crippen LogP contribution in [0.25, 0.3) is 0 Å². The number of carbonyl (C=O) groups is 2. The van der Waals surface area contributed by atoms with Crippen molar-refractivity contribution in [3.63, 3.8) is 0 Å². The van der Waals surface area contributed by atoms with Gasteiger partial charge < -0.3 is 14.4 Å². The van der Waals surface area contributed by atoms with Crippen LogP contribution in [-0.2, 0) is 22.4 Å². The maximum atomic E-state index is 13.4. The largest absolute Gasteiger partial charge is 0.490 e. The number of amides is 1. The molecule has 0 bridgehead atoms. The molecule has 0 spiro atoms. The fourth-order valence-electron chi connectivity index (χ4n) is 4.59. The quantitative estimate of drug-likeness (QED) is 0.686. The molecule has 2 aliphatic carbocycles. The Kier molecular flexibility index (Phi) is 5.29. The van der Waals surface area contributed by atoms with E-state index in [0.717, 1.165) is 81.6 Å². The Morgan fingerprint density at radius 2 is 1.87 bits per heavy atom. The zero-order chi connectivity index (χ0) is 20.5. The summed E-state index contributed by atoms with van der Waals surface area (Å²) in [5, 5.41) is 4.31. The zero-order valence-corrected chi connectivity index (χ0v) is 17.0. The van der Waals surface area contributed by atoms with Crippen molar-refractivity contribution in [2.75, 3.05) is 13.2 Å². The summed E-state index contributed by atoms with van der Waals surface area (Å²) in [4.78, 5) is 26.5. The van der Waals surface area contributed by atoms with Crippen molar-refractivity contribution in [3.8, 4) is 5.75 Å². The molecule has 2 aromatic rings. The molecule has 1 unspecified atom stereocenters. The van der Waals surface area contributed by atoms with Crippen molar-refractivity contribution in [1.29, 1.82) is 0 Å². The number of fused-ring (bicyclic) bond motifs is 1. The third-order valence-electron chi connectivity index (χ3n) is 6.31. The molecule has 1 amide bonds. The van der Waals surface area contributed by atoms with Gasteiger partial charge in [0.2, 0.25) is 6.41 Å². The van der Waals surface area contributed by atoms with Gasteiger partial charge in [-0.15, -0.1) is 0 Å². The third kappa shape index (κ3) is 3.99. The lowest BCUT2D eigenvalue weighted by molar-refractivity contribution is 0.0255. The molecule has 30 heavy (non-hydrogen) atoms. The number of nitrogens with zero attached hydrogens (tertiary/aromatic N) is 3. The molecule has 1 atom stereocenters. The lowest BCUT2D eigenvalue weighted by atomic mass is 9.91. The van der Waals surface area contributed by atoms with Gasteiger partial charge in [-0.1, -0.05) is 0 Å².